The minimum absolute atomic E-state index is 0.150. The Labute approximate surface area is 89.1 Å². The second kappa shape index (κ2) is 4.72. The number of aliphatic hydroxyl groups excluding tert-OH is 1. The van der Waals surface area contributed by atoms with Crippen LogP contribution in [0.2, 0.25) is 0 Å². The van der Waals surface area contributed by atoms with E-state index in [1.807, 2.05) is 0 Å². The highest BCUT2D eigenvalue weighted by Gasteiger charge is 2.27. The van der Waals surface area contributed by atoms with Crippen LogP contribution in [0.25, 0.3) is 0 Å². The Hall–Kier alpha value is -0.940. The third-order valence-electron chi connectivity index (χ3n) is 2.93. The average Bonchev–Trinajstić information content (AvgIpc) is 2.77. The third kappa shape index (κ3) is 2.18. The molecule has 0 amide bonds. The summed E-state index contributed by atoms with van der Waals surface area (Å²) in [6.07, 6.45) is 3.52. The summed E-state index contributed by atoms with van der Waals surface area (Å²) < 4.78 is 5.16. The molecule has 5 nitrogen and oxygen atoms in total. The molecule has 1 aliphatic heterocycles. The largest absolute Gasteiger partial charge is 0.388 e. The third-order valence-corrected chi connectivity index (χ3v) is 2.93. The maximum Gasteiger partial charge on any atom is 0.244 e. The summed E-state index contributed by atoms with van der Waals surface area (Å²) in [4.78, 5) is 6.53. The van der Waals surface area contributed by atoms with Crippen molar-refractivity contribution in [1.29, 1.82) is 0 Å². The highest BCUT2D eigenvalue weighted by molar-refractivity contribution is 4.94. The maximum absolute atomic E-state index is 8.87. The first-order chi connectivity index (χ1) is 7.35. The van der Waals surface area contributed by atoms with E-state index >= 15 is 0 Å². The van der Waals surface area contributed by atoms with Crippen LogP contribution in [0.1, 0.15) is 43.9 Å². The number of piperidine rings is 1. The molecular formula is C10H17N3O2. The second-order valence-corrected chi connectivity index (χ2v) is 3.85. The van der Waals surface area contributed by atoms with Gasteiger partial charge in [-0.3, -0.25) is 4.90 Å². The Balaban J connectivity index is 2.12. The van der Waals surface area contributed by atoms with E-state index in [1.165, 1.54) is 12.8 Å². The van der Waals surface area contributed by atoms with Gasteiger partial charge in [-0.25, -0.2) is 0 Å². The van der Waals surface area contributed by atoms with Crippen molar-refractivity contribution < 1.29 is 9.63 Å². The van der Waals surface area contributed by atoms with E-state index in [9.17, 15) is 0 Å². The SMILES string of the molecule is CCN1CCCCC1c1nc(CO)no1. The zero-order valence-corrected chi connectivity index (χ0v) is 9.02. The summed E-state index contributed by atoms with van der Waals surface area (Å²) in [5.41, 5.74) is 0. The minimum Gasteiger partial charge on any atom is -0.388 e. The molecule has 0 spiro atoms. The summed E-state index contributed by atoms with van der Waals surface area (Å²) in [6.45, 7) is 4.09. The van der Waals surface area contributed by atoms with Gasteiger partial charge in [0.25, 0.3) is 0 Å². The van der Waals surface area contributed by atoms with E-state index < -0.39 is 0 Å². The van der Waals surface area contributed by atoms with Crippen molar-refractivity contribution >= 4 is 0 Å². The lowest BCUT2D eigenvalue weighted by atomic mass is 10.0. The Morgan fingerprint density at radius 2 is 2.40 bits per heavy atom. The molecule has 1 aromatic heterocycles. The molecule has 0 aliphatic carbocycles. The standard InChI is InChI=1S/C10H17N3O2/c1-2-13-6-4-3-5-8(13)10-11-9(7-14)12-15-10/h8,14H,2-7H2,1H3. The van der Waals surface area contributed by atoms with E-state index in [0.717, 1.165) is 19.5 Å². The molecule has 0 aromatic carbocycles. The van der Waals surface area contributed by atoms with Crippen molar-refractivity contribution in [2.75, 3.05) is 13.1 Å². The van der Waals surface area contributed by atoms with Crippen molar-refractivity contribution in [1.82, 2.24) is 15.0 Å². The summed E-state index contributed by atoms with van der Waals surface area (Å²) in [6, 6.07) is 0.247. The molecule has 0 saturated carbocycles. The number of aromatic nitrogens is 2. The average molecular weight is 211 g/mol. The Morgan fingerprint density at radius 1 is 1.53 bits per heavy atom. The normalized spacial score (nSPS) is 23.2. The molecule has 15 heavy (non-hydrogen) atoms. The molecule has 1 saturated heterocycles. The number of aliphatic hydroxyl groups is 1. The smallest absolute Gasteiger partial charge is 0.244 e. The fraction of sp³-hybridized carbons (Fsp3) is 0.800. The molecule has 1 unspecified atom stereocenters. The van der Waals surface area contributed by atoms with Gasteiger partial charge in [-0.05, 0) is 25.9 Å². The molecule has 1 fully saturated rings. The summed E-state index contributed by atoms with van der Waals surface area (Å²) in [5.74, 6) is 1.03. The Morgan fingerprint density at radius 3 is 3.07 bits per heavy atom. The van der Waals surface area contributed by atoms with Gasteiger partial charge >= 0.3 is 0 Å². The predicted octanol–water partition coefficient (Wildman–Crippen LogP) is 1.11. The maximum atomic E-state index is 8.87. The number of likely N-dealkylation sites (tertiary alicyclic amines) is 1. The molecule has 0 bridgehead atoms. The number of nitrogens with zero attached hydrogens (tertiary/aromatic N) is 3. The number of hydrogen-bond acceptors (Lipinski definition) is 5. The van der Waals surface area contributed by atoms with Crippen molar-refractivity contribution in [2.24, 2.45) is 0 Å². The number of hydrogen-bond donors (Lipinski definition) is 1. The van der Waals surface area contributed by atoms with E-state index in [0.29, 0.717) is 11.7 Å². The van der Waals surface area contributed by atoms with Gasteiger partial charge in [0.15, 0.2) is 5.82 Å². The topological polar surface area (TPSA) is 62.4 Å². The van der Waals surface area contributed by atoms with Crippen LogP contribution in [0, 0.1) is 0 Å². The molecule has 1 aromatic rings. The van der Waals surface area contributed by atoms with Gasteiger partial charge in [-0.1, -0.05) is 18.5 Å². The van der Waals surface area contributed by atoms with Gasteiger partial charge in [0.2, 0.25) is 5.89 Å². The zero-order valence-electron chi connectivity index (χ0n) is 9.02. The lowest BCUT2D eigenvalue weighted by molar-refractivity contribution is 0.125. The first kappa shape index (κ1) is 10.6. The predicted molar refractivity (Wildman–Crippen MR) is 54.1 cm³/mol. The lowest BCUT2D eigenvalue weighted by Crippen LogP contribution is -2.33. The van der Waals surface area contributed by atoms with E-state index in [1.54, 1.807) is 0 Å². The van der Waals surface area contributed by atoms with Crippen molar-refractivity contribution in [3.8, 4) is 0 Å². The van der Waals surface area contributed by atoms with Crippen LogP contribution in [-0.4, -0.2) is 33.2 Å². The molecule has 1 N–H and O–H groups in total. The van der Waals surface area contributed by atoms with Crippen LogP contribution in [0.4, 0.5) is 0 Å². The van der Waals surface area contributed by atoms with Crippen LogP contribution in [0.3, 0.4) is 0 Å². The monoisotopic (exact) mass is 211 g/mol. The van der Waals surface area contributed by atoms with E-state index in [4.69, 9.17) is 9.63 Å². The van der Waals surface area contributed by atoms with Gasteiger partial charge in [-0.2, -0.15) is 4.98 Å². The first-order valence-electron chi connectivity index (χ1n) is 5.52. The molecule has 84 valence electrons. The molecule has 0 radical (unpaired) electrons. The van der Waals surface area contributed by atoms with E-state index in [-0.39, 0.29) is 12.6 Å². The quantitative estimate of drug-likeness (QED) is 0.811. The molecule has 1 aliphatic rings. The van der Waals surface area contributed by atoms with Crippen LogP contribution in [0.15, 0.2) is 4.52 Å². The highest BCUT2D eigenvalue weighted by Crippen LogP contribution is 2.29. The fourth-order valence-electron chi connectivity index (χ4n) is 2.12. The van der Waals surface area contributed by atoms with Crippen molar-refractivity contribution in [3.05, 3.63) is 11.7 Å². The molecule has 2 rings (SSSR count). The second-order valence-electron chi connectivity index (χ2n) is 3.85. The van der Waals surface area contributed by atoms with Gasteiger partial charge < -0.3 is 9.63 Å². The Kier molecular flexibility index (Phi) is 3.33. The van der Waals surface area contributed by atoms with Crippen molar-refractivity contribution in [2.45, 2.75) is 38.8 Å². The molecular weight excluding hydrogens is 194 g/mol. The minimum atomic E-state index is -0.150. The summed E-state index contributed by atoms with van der Waals surface area (Å²) in [7, 11) is 0. The fourth-order valence-corrected chi connectivity index (χ4v) is 2.12. The summed E-state index contributed by atoms with van der Waals surface area (Å²) in [5, 5.41) is 12.6. The van der Waals surface area contributed by atoms with Crippen LogP contribution in [-0.2, 0) is 6.61 Å². The van der Waals surface area contributed by atoms with Crippen LogP contribution in [0.5, 0.6) is 0 Å². The van der Waals surface area contributed by atoms with E-state index in [2.05, 4.69) is 22.0 Å². The lowest BCUT2D eigenvalue weighted by Gasteiger charge is -2.32. The Bertz CT molecular complexity index is 313. The van der Waals surface area contributed by atoms with Crippen LogP contribution >= 0.6 is 0 Å². The van der Waals surface area contributed by atoms with Gasteiger partial charge in [-0.15, -0.1) is 0 Å². The zero-order chi connectivity index (χ0) is 10.7. The molecule has 1 atom stereocenters. The highest BCUT2D eigenvalue weighted by atomic mass is 16.5. The number of rotatable bonds is 3. The van der Waals surface area contributed by atoms with Gasteiger partial charge in [0.1, 0.15) is 6.61 Å². The van der Waals surface area contributed by atoms with Crippen molar-refractivity contribution in [3.63, 3.8) is 0 Å². The van der Waals surface area contributed by atoms with Gasteiger partial charge in [0.05, 0.1) is 6.04 Å². The molecule has 2 heterocycles. The molecule has 5 heteroatoms. The van der Waals surface area contributed by atoms with Crippen LogP contribution < -0.4 is 0 Å². The van der Waals surface area contributed by atoms with Gasteiger partial charge in [0, 0.05) is 0 Å². The summed E-state index contributed by atoms with van der Waals surface area (Å²) >= 11 is 0. The first-order valence-corrected chi connectivity index (χ1v) is 5.52.